The van der Waals surface area contributed by atoms with E-state index in [0.717, 1.165) is 25.8 Å². The lowest BCUT2D eigenvalue weighted by Crippen LogP contribution is -2.60. The lowest BCUT2D eigenvalue weighted by molar-refractivity contribution is -0.135. The van der Waals surface area contributed by atoms with Crippen molar-refractivity contribution in [3.05, 3.63) is 60.0 Å². The number of carbonyl (C=O) groups excluding carboxylic acids is 1. The summed E-state index contributed by atoms with van der Waals surface area (Å²) in [6, 6.07) is 10.6. The number of carbonyl (C=O) groups is 1. The van der Waals surface area contributed by atoms with E-state index in [4.69, 9.17) is 9.47 Å². The number of aromatic nitrogens is 2. The van der Waals surface area contributed by atoms with Crippen molar-refractivity contribution in [2.45, 2.75) is 37.8 Å². The molecular formula is C26H33N3O3. The molecule has 2 aromatic heterocycles. The van der Waals surface area contributed by atoms with Gasteiger partial charge < -0.3 is 14.0 Å². The molecule has 5 rings (SSSR count). The molecule has 0 bridgehead atoms. The summed E-state index contributed by atoms with van der Waals surface area (Å²) in [5, 5.41) is 1.36. The Morgan fingerprint density at radius 1 is 1.22 bits per heavy atom. The molecule has 4 atom stereocenters. The first kappa shape index (κ1) is 21.3. The highest BCUT2D eigenvalue weighted by molar-refractivity contribution is 5.89. The van der Waals surface area contributed by atoms with Gasteiger partial charge in [-0.3, -0.25) is 9.47 Å². The molecule has 1 aliphatic heterocycles. The maximum absolute atomic E-state index is 12.4. The normalized spacial score (nSPS) is 26.1. The highest BCUT2D eigenvalue weighted by Crippen LogP contribution is 2.51. The molecule has 6 heteroatoms. The van der Waals surface area contributed by atoms with Gasteiger partial charge in [-0.2, -0.15) is 0 Å². The van der Waals surface area contributed by atoms with E-state index in [2.05, 4.69) is 54.9 Å². The monoisotopic (exact) mass is 435 g/mol. The molecule has 1 aromatic carbocycles. The zero-order chi connectivity index (χ0) is 22.5. The van der Waals surface area contributed by atoms with Crippen LogP contribution in [0, 0.1) is 11.8 Å². The van der Waals surface area contributed by atoms with Crippen molar-refractivity contribution in [3.63, 3.8) is 0 Å². The molecule has 0 saturated carbocycles. The van der Waals surface area contributed by atoms with E-state index in [1.165, 1.54) is 26.6 Å². The van der Waals surface area contributed by atoms with Crippen LogP contribution >= 0.6 is 0 Å². The summed E-state index contributed by atoms with van der Waals surface area (Å²) < 4.78 is 15.9. The van der Waals surface area contributed by atoms with E-state index in [9.17, 15) is 4.79 Å². The molecule has 0 amide bonds. The Hall–Kier alpha value is -2.57. The smallest absolute Gasteiger partial charge is 0.417 e. The fourth-order valence-corrected chi connectivity index (χ4v) is 6.25. The topological polar surface area (TPSA) is 48.6 Å². The number of methoxy groups -OCH3 is 1. The average molecular weight is 436 g/mol. The molecule has 6 nitrogen and oxygen atoms in total. The first-order chi connectivity index (χ1) is 15.5. The number of hydrogen-bond acceptors (Lipinski definition) is 4. The SMILES string of the molecule is CCC(COC(=O)n1cccc1)C1CN(C)[C@@H]2Cc3cn(C)c4cccc(c34)[C@@]2(OC)C1. The molecule has 170 valence electrons. The standard InChI is InChI=1S/C26H33N3O3/c1-5-18(17-32-25(30)29-11-6-7-12-29)20-14-26(31-4)21-9-8-10-22-24(21)19(15-27(22)2)13-23(26)28(3)16-20/h6-12,15,18,20,23H,5,13-14,16-17H2,1-4H3/t18?,20?,23-,26+/m1/s1. The van der Waals surface area contributed by atoms with Gasteiger partial charge in [0.05, 0.1) is 6.61 Å². The number of likely N-dealkylation sites (N-methyl/N-ethyl adjacent to an activating group) is 1. The Kier molecular flexibility index (Phi) is 5.38. The van der Waals surface area contributed by atoms with Crippen LogP contribution in [0.1, 0.15) is 30.9 Å². The molecule has 2 unspecified atom stereocenters. The van der Waals surface area contributed by atoms with Gasteiger partial charge in [0.15, 0.2) is 0 Å². The van der Waals surface area contributed by atoms with Crippen LogP contribution in [-0.4, -0.2) is 53.5 Å². The second kappa shape index (κ2) is 8.09. The van der Waals surface area contributed by atoms with Crippen LogP contribution in [-0.2, 0) is 28.5 Å². The number of hydrogen-bond donors (Lipinski definition) is 0. The molecule has 0 spiro atoms. The Morgan fingerprint density at radius 2 is 2.00 bits per heavy atom. The van der Waals surface area contributed by atoms with Gasteiger partial charge >= 0.3 is 6.09 Å². The van der Waals surface area contributed by atoms with Gasteiger partial charge in [-0.05, 0) is 67.5 Å². The van der Waals surface area contributed by atoms with Crippen LogP contribution in [0.4, 0.5) is 4.79 Å². The Morgan fingerprint density at radius 3 is 2.72 bits per heavy atom. The van der Waals surface area contributed by atoms with E-state index in [-0.39, 0.29) is 17.6 Å². The predicted octanol–water partition coefficient (Wildman–Crippen LogP) is 4.41. The Balaban J connectivity index is 1.45. The van der Waals surface area contributed by atoms with Crippen molar-refractivity contribution in [3.8, 4) is 0 Å². The molecule has 1 aliphatic carbocycles. The molecule has 3 heterocycles. The third-order valence-electron chi connectivity index (χ3n) is 7.91. The molecule has 0 radical (unpaired) electrons. The largest absolute Gasteiger partial charge is 0.449 e. The number of likely N-dealkylation sites (tertiary alicyclic amines) is 1. The third kappa shape index (κ3) is 3.20. The van der Waals surface area contributed by atoms with E-state index in [0.29, 0.717) is 18.6 Å². The van der Waals surface area contributed by atoms with Crippen LogP contribution in [0.2, 0.25) is 0 Å². The van der Waals surface area contributed by atoms with Gasteiger partial charge in [0, 0.05) is 56.2 Å². The quantitative estimate of drug-likeness (QED) is 0.596. The minimum Gasteiger partial charge on any atom is -0.449 e. The molecule has 0 N–H and O–H groups in total. The number of rotatable bonds is 5. The number of piperidine rings is 1. The first-order valence-corrected chi connectivity index (χ1v) is 11.6. The van der Waals surface area contributed by atoms with Crippen molar-refractivity contribution in [2.75, 3.05) is 27.3 Å². The minimum absolute atomic E-state index is 0.279. The predicted molar refractivity (Wildman–Crippen MR) is 125 cm³/mol. The second-order valence-electron chi connectivity index (χ2n) is 9.52. The maximum atomic E-state index is 12.4. The minimum atomic E-state index is -0.358. The molecule has 1 saturated heterocycles. The van der Waals surface area contributed by atoms with Gasteiger partial charge in [0.25, 0.3) is 0 Å². The summed E-state index contributed by atoms with van der Waals surface area (Å²) in [6.07, 6.45) is 8.31. The molecule has 1 fully saturated rings. The first-order valence-electron chi connectivity index (χ1n) is 11.6. The summed E-state index contributed by atoms with van der Waals surface area (Å²) in [7, 11) is 6.21. The summed E-state index contributed by atoms with van der Waals surface area (Å²) in [5.41, 5.74) is 3.63. The van der Waals surface area contributed by atoms with Gasteiger partial charge in [0.2, 0.25) is 0 Å². The van der Waals surface area contributed by atoms with Crippen molar-refractivity contribution in [2.24, 2.45) is 18.9 Å². The maximum Gasteiger partial charge on any atom is 0.417 e. The van der Waals surface area contributed by atoms with E-state index in [1.54, 1.807) is 12.4 Å². The van der Waals surface area contributed by atoms with E-state index in [1.807, 2.05) is 19.2 Å². The lowest BCUT2D eigenvalue weighted by atomic mass is 9.66. The third-order valence-corrected chi connectivity index (χ3v) is 7.91. The summed E-state index contributed by atoms with van der Waals surface area (Å²) in [4.78, 5) is 14.9. The summed E-state index contributed by atoms with van der Waals surface area (Å²) in [6.45, 7) is 3.60. The fourth-order valence-electron chi connectivity index (χ4n) is 6.25. The number of fused-ring (bicyclic) bond motifs is 2. The van der Waals surface area contributed by atoms with E-state index >= 15 is 0 Å². The van der Waals surface area contributed by atoms with Crippen molar-refractivity contribution >= 4 is 17.0 Å². The van der Waals surface area contributed by atoms with Gasteiger partial charge in [-0.1, -0.05) is 19.1 Å². The second-order valence-corrected chi connectivity index (χ2v) is 9.52. The molecule has 32 heavy (non-hydrogen) atoms. The number of ether oxygens (including phenoxy) is 2. The molecule has 2 aliphatic rings. The Labute approximate surface area is 189 Å². The van der Waals surface area contributed by atoms with Gasteiger partial charge in [-0.25, -0.2) is 4.79 Å². The van der Waals surface area contributed by atoms with E-state index < -0.39 is 0 Å². The van der Waals surface area contributed by atoms with Crippen LogP contribution in [0.25, 0.3) is 10.9 Å². The van der Waals surface area contributed by atoms with Crippen molar-refractivity contribution in [1.82, 2.24) is 14.0 Å². The van der Waals surface area contributed by atoms with Gasteiger partial charge in [-0.15, -0.1) is 0 Å². The highest BCUT2D eigenvalue weighted by atomic mass is 16.5. The highest BCUT2D eigenvalue weighted by Gasteiger charge is 2.52. The summed E-state index contributed by atoms with van der Waals surface area (Å²) >= 11 is 0. The number of nitrogens with zero attached hydrogens (tertiary/aromatic N) is 3. The molecular weight excluding hydrogens is 402 g/mol. The van der Waals surface area contributed by atoms with Crippen molar-refractivity contribution in [1.29, 1.82) is 0 Å². The van der Waals surface area contributed by atoms with Gasteiger partial charge in [0.1, 0.15) is 5.60 Å². The average Bonchev–Trinajstić information content (AvgIpc) is 3.44. The zero-order valence-electron chi connectivity index (χ0n) is 19.5. The van der Waals surface area contributed by atoms with Crippen LogP contribution in [0.15, 0.2) is 48.9 Å². The van der Waals surface area contributed by atoms with Crippen LogP contribution in [0.3, 0.4) is 0 Å². The summed E-state index contributed by atoms with van der Waals surface area (Å²) in [5.74, 6) is 0.653. The zero-order valence-corrected chi connectivity index (χ0v) is 19.5. The number of aryl methyl sites for hydroxylation is 1. The molecule has 3 aromatic rings. The Bertz CT molecular complexity index is 1120. The fraction of sp³-hybridized carbons (Fsp3) is 0.500. The van der Waals surface area contributed by atoms with Crippen LogP contribution < -0.4 is 0 Å². The number of benzene rings is 1. The van der Waals surface area contributed by atoms with Crippen LogP contribution in [0.5, 0.6) is 0 Å². The lowest BCUT2D eigenvalue weighted by Gasteiger charge is -2.54. The van der Waals surface area contributed by atoms with Crippen molar-refractivity contribution < 1.29 is 14.3 Å².